The van der Waals surface area contributed by atoms with Crippen molar-refractivity contribution in [3.8, 4) is 11.5 Å². The highest BCUT2D eigenvalue weighted by Crippen LogP contribution is 2.31. The van der Waals surface area contributed by atoms with E-state index in [1.165, 1.54) is 6.07 Å². The zero-order chi connectivity index (χ0) is 21.6. The van der Waals surface area contributed by atoms with Gasteiger partial charge in [-0.3, -0.25) is 9.59 Å². The number of ketones is 1. The van der Waals surface area contributed by atoms with Gasteiger partial charge in [0.25, 0.3) is 5.91 Å². The van der Waals surface area contributed by atoms with Gasteiger partial charge >= 0.3 is 5.97 Å². The first-order valence-electron chi connectivity index (χ1n) is 9.67. The normalized spacial score (nSPS) is 12.0. The number of fused-ring (bicyclic) bond motifs is 1. The Morgan fingerprint density at radius 1 is 0.806 bits per heavy atom. The number of ether oxygens (including phenoxy) is 3. The summed E-state index contributed by atoms with van der Waals surface area (Å²) in [6.45, 7) is 0.419. The van der Waals surface area contributed by atoms with Crippen molar-refractivity contribution in [3.63, 3.8) is 0 Å². The molecule has 0 radical (unpaired) electrons. The molecule has 1 amide bonds. The summed E-state index contributed by atoms with van der Waals surface area (Å²) in [6.07, 6.45) is 0. The van der Waals surface area contributed by atoms with Crippen LogP contribution >= 0.6 is 0 Å². The van der Waals surface area contributed by atoms with Gasteiger partial charge in [0.2, 0.25) is 0 Å². The first-order valence-corrected chi connectivity index (χ1v) is 9.67. The number of para-hydroxylation sites is 1. The molecule has 1 heterocycles. The molecule has 3 aromatic rings. The molecule has 0 spiro atoms. The van der Waals surface area contributed by atoms with Gasteiger partial charge in [-0.25, -0.2) is 4.79 Å². The largest absolute Gasteiger partial charge is 0.486 e. The molecular weight excluding hydrogens is 398 g/mol. The Morgan fingerprint density at radius 2 is 1.52 bits per heavy atom. The van der Waals surface area contributed by atoms with Gasteiger partial charge in [-0.05, 0) is 42.5 Å². The van der Waals surface area contributed by atoms with Crippen LogP contribution in [-0.2, 0) is 4.74 Å². The molecule has 0 unspecified atom stereocenters. The van der Waals surface area contributed by atoms with Crippen LogP contribution in [0.15, 0.2) is 72.8 Å². The molecule has 1 aliphatic heterocycles. The molecule has 0 bridgehead atoms. The number of rotatable bonds is 6. The number of hydrogen-bond acceptors (Lipinski definition) is 6. The average Bonchev–Trinajstić information content (AvgIpc) is 2.83. The summed E-state index contributed by atoms with van der Waals surface area (Å²) in [6, 6.07) is 19.9. The van der Waals surface area contributed by atoms with E-state index in [0.717, 1.165) is 0 Å². The lowest BCUT2D eigenvalue weighted by atomic mass is 10.1. The van der Waals surface area contributed by atoms with Crippen molar-refractivity contribution < 1.29 is 28.6 Å². The zero-order valence-electron chi connectivity index (χ0n) is 16.5. The van der Waals surface area contributed by atoms with Gasteiger partial charge in [0.05, 0.1) is 11.3 Å². The first kappa shape index (κ1) is 20.2. The predicted octanol–water partition coefficient (Wildman–Crippen LogP) is 3.75. The molecule has 0 aromatic heterocycles. The second kappa shape index (κ2) is 9.13. The van der Waals surface area contributed by atoms with Gasteiger partial charge < -0.3 is 19.5 Å². The highest BCUT2D eigenvalue weighted by atomic mass is 16.6. The molecule has 0 aliphatic carbocycles. The number of hydrogen-bond donors (Lipinski definition) is 1. The molecule has 0 saturated carbocycles. The van der Waals surface area contributed by atoms with Crippen LogP contribution in [0.1, 0.15) is 31.1 Å². The van der Waals surface area contributed by atoms with E-state index in [9.17, 15) is 14.4 Å². The Labute approximate surface area is 178 Å². The molecule has 3 aromatic carbocycles. The van der Waals surface area contributed by atoms with Crippen molar-refractivity contribution in [1.82, 2.24) is 0 Å². The fourth-order valence-electron chi connectivity index (χ4n) is 3.06. The first-order chi connectivity index (χ1) is 15.1. The smallest absolute Gasteiger partial charge is 0.340 e. The van der Waals surface area contributed by atoms with Crippen molar-refractivity contribution >= 4 is 23.3 Å². The van der Waals surface area contributed by atoms with E-state index in [-0.39, 0.29) is 17.3 Å². The standard InChI is InChI=1S/C24H19NO6/c26-20(17-10-11-21-22(14-17)30-13-12-29-21)15-31-24(28)18-8-4-5-9-19(18)25-23(27)16-6-2-1-3-7-16/h1-11,14H,12-13,15H2,(H,25,27). The Hall–Kier alpha value is -4.13. The summed E-state index contributed by atoms with van der Waals surface area (Å²) in [4.78, 5) is 37.5. The van der Waals surface area contributed by atoms with Crippen LogP contribution in [0.25, 0.3) is 0 Å². The summed E-state index contributed by atoms with van der Waals surface area (Å²) in [7, 11) is 0. The minimum absolute atomic E-state index is 0.154. The van der Waals surface area contributed by atoms with Gasteiger partial charge in [0.1, 0.15) is 13.2 Å². The quantitative estimate of drug-likeness (QED) is 0.485. The van der Waals surface area contributed by atoms with Gasteiger partial charge in [-0.15, -0.1) is 0 Å². The van der Waals surface area contributed by atoms with E-state index < -0.39 is 12.6 Å². The van der Waals surface area contributed by atoms with Crippen molar-refractivity contribution in [2.24, 2.45) is 0 Å². The lowest BCUT2D eigenvalue weighted by molar-refractivity contribution is 0.0475. The van der Waals surface area contributed by atoms with E-state index in [0.29, 0.717) is 41.5 Å². The van der Waals surface area contributed by atoms with Crippen molar-refractivity contribution in [1.29, 1.82) is 0 Å². The molecule has 7 nitrogen and oxygen atoms in total. The number of Topliss-reactive ketones (excluding diaryl/α,β-unsaturated/α-hetero) is 1. The van der Waals surface area contributed by atoms with Gasteiger partial charge in [0.15, 0.2) is 23.9 Å². The Kier molecular flexibility index (Phi) is 5.93. The molecule has 0 saturated heterocycles. The van der Waals surface area contributed by atoms with E-state index in [4.69, 9.17) is 14.2 Å². The van der Waals surface area contributed by atoms with Gasteiger partial charge in [-0.1, -0.05) is 30.3 Å². The van der Waals surface area contributed by atoms with Crippen molar-refractivity contribution in [2.75, 3.05) is 25.1 Å². The Morgan fingerprint density at radius 3 is 2.32 bits per heavy atom. The average molecular weight is 417 g/mol. The van der Waals surface area contributed by atoms with Crippen LogP contribution in [0.5, 0.6) is 11.5 Å². The minimum atomic E-state index is -0.713. The third-order valence-electron chi connectivity index (χ3n) is 4.63. The fraction of sp³-hybridized carbons (Fsp3) is 0.125. The van der Waals surface area contributed by atoms with Crippen LogP contribution in [0.4, 0.5) is 5.69 Å². The maximum absolute atomic E-state index is 12.6. The molecular formula is C24H19NO6. The van der Waals surface area contributed by atoms with Gasteiger partial charge in [0, 0.05) is 11.1 Å². The predicted molar refractivity (Wildman–Crippen MR) is 113 cm³/mol. The number of nitrogens with one attached hydrogen (secondary N) is 1. The molecule has 0 atom stereocenters. The summed E-state index contributed by atoms with van der Waals surface area (Å²) >= 11 is 0. The maximum Gasteiger partial charge on any atom is 0.340 e. The monoisotopic (exact) mass is 417 g/mol. The molecule has 31 heavy (non-hydrogen) atoms. The highest BCUT2D eigenvalue weighted by Gasteiger charge is 2.19. The minimum Gasteiger partial charge on any atom is -0.486 e. The molecule has 7 heteroatoms. The summed E-state index contributed by atoms with van der Waals surface area (Å²) in [5.41, 5.74) is 1.26. The summed E-state index contributed by atoms with van der Waals surface area (Å²) < 4.78 is 16.1. The SMILES string of the molecule is O=C(COC(=O)c1ccccc1NC(=O)c1ccccc1)c1ccc2c(c1)OCCO2. The van der Waals surface area contributed by atoms with E-state index >= 15 is 0 Å². The maximum atomic E-state index is 12.6. The number of esters is 1. The Bertz CT molecular complexity index is 1130. The lowest BCUT2D eigenvalue weighted by Gasteiger charge is -2.18. The van der Waals surface area contributed by atoms with Gasteiger partial charge in [-0.2, -0.15) is 0 Å². The second-order valence-corrected chi connectivity index (χ2v) is 6.72. The third-order valence-corrected chi connectivity index (χ3v) is 4.63. The van der Waals surface area contributed by atoms with Crippen molar-refractivity contribution in [3.05, 3.63) is 89.5 Å². The van der Waals surface area contributed by atoms with Crippen LogP contribution in [0.3, 0.4) is 0 Å². The fourth-order valence-corrected chi connectivity index (χ4v) is 3.06. The number of carbonyl (C=O) groups is 3. The highest BCUT2D eigenvalue weighted by molar-refractivity contribution is 6.08. The van der Waals surface area contributed by atoms with Crippen LogP contribution in [0.2, 0.25) is 0 Å². The summed E-state index contributed by atoms with van der Waals surface area (Å²) in [5.74, 6) is -0.389. The van der Waals surface area contributed by atoms with Crippen LogP contribution in [0, 0.1) is 0 Å². The topological polar surface area (TPSA) is 90.9 Å². The number of amides is 1. The molecule has 1 N–H and O–H groups in total. The molecule has 1 aliphatic rings. The number of benzene rings is 3. The lowest BCUT2D eigenvalue weighted by Crippen LogP contribution is -2.19. The number of carbonyl (C=O) groups excluding carboxylic acids is 3. The molecule has 4 rings (SSSR count). The Balaban J connectivity index is 1.42. The van der Waals surface area contributed by atoms with E-state index in [1.54, 1.807) is 66.7 Å². The van der Waals surface area contributed by atoms with E-state index in [1.807, 2.05) is 0 Å². The number of anilines is 1. The van der Waals surface area contributed by atoms with E-state index in [2.05, 4.69) is 5.32 Å². The summed E-state index contributed by atoms with van der Waals surface area (Å²) in [5, 5.41) is 2.71. The van der Waals surface area contributed by atoms with Crippen LogP contribution in [-0.4, -0.2) is 37.5 Å². The molecule has 0 fully saturated rings. The third kappa shape index (κ3) is 4.72. The zero-order valence-corrected chi connectivity index (χ0v) is 16.5. The van der Waals surface area contributed by atoms with Crippen molar-refractivity contribution in [2.45, 2.75) is 0 Å². The molecule has 156 valence electrons. The van der Waals surface area contributed by atoms with Crippen LogP contribution < -0.4 is 14.8 Å². The second-order valence-electron chi connectivity index (χ2n) is 6.72.